The van der Waals surface area contributed by atoms with Gasteiger partial charge >= 0.3 is 7.12 Å². The fourth-order valence-corrected chi connectivity index (χ4v) is 4.40. The van der Waals surface area contributed by atoms with Crippen molar-refractivity contribution in [3.63, 3.8) is 0 Å². The zero-order valence-corrected chi connectivity index (χ0v) is 11.8. The average Bonchev–Trinajstić information content (AvgIpc) is 2.53. The Kier molecular flexibility index (Phi) is 2.27. The summed E-state index contributed by atoms with van der Waals surface area (Å²) in [5.41, 5.74) is 0.461. The molecule has 4 aliphatic rings. The van der Waals surface area contributed by atoms with Gasteiger partial charge in [-0.3, -0.25) is 0 Å². The Morgan fingerprint density at radius 1 is 1.33 bits per heavy atom. The third-order valence-corrected chi connectivity index (χ3v) is 5.85. The van der Waals surface area contributed by atoms with E-state index in [1.807, 2.05) is 0 Å². The van der Waals surface area contributed by atoms with Crippen molar-refractivity contribution >= 4 is 29.7 Å². The standard InChI is InChI=1S/C11H18BIO2/c1-10(2)7-4-8(10)11(3)9(5-7)14-12(6-13)15-11/h7-9H,4-6H2,1-3H3/t7-,8-,9-,11+/m0/s1. The number of alkyl halides is 1. The van der Waals surface area contributed by atoms with E-state index in [1.165, 1.54) is 12.8 Å². The zero-order chi connectivity index (χ0) is 10.8. The van der Waals surface area contributed by atoms with Gasteiger partial charge in [0.1, 0.15) is 0 Å². The zero-order valence-electron chi connectivity index (χ0n) is 9.63. The summed E-state index contributed by atoms with van der Waals surface area (Å²) < 4.78 is 13.1. The Morgan fingerprint density at radius 2 is 2.07 bits per heavy atom. The van der Waals surface area contributed by atoms with Gasteiger partial charge in [-0.2, -0.15) is 0 Å². The molecule has 0 unspecified atom stereocenters. The van der Waals surface area contributed by atoms with E-state index < -0.39 is 0 Å². The lowest BCUT2D eigenvalue weighted by Crippen LogP contribution is -2.65. The van der Waals surface area contributed by atoms with Crippen LogP contribution in [0.2, 0.25) is 0 Å². The highest BCUT2D eigenvalue weighted by atomic mass is 127. The highest BCUT2D eigenvalue weighted by Gasteiger charge is 2.67. The van der Waals surface area contributed by atoms with Crippen LogP contribution in [0.5, 0.6) is 0 Å². The largest absolute Gasteiger partial charge is 0.468 e. The molecule has 4 heteroatoms. The van der Waals surface area contributed by atoms with Crippen LogP contribution in [0.15, 0.2) is 0 Å². The van der Waals surface area contributed by atoms with Crippen molar-refractivity contribution in [1.82, 2.24) is 0 Å². The number of hydrogen-bond donors (Lipinski definition) is 0. The minimum Gasteiger partial charge on any atom is -0.405 e. The molecule has 3 saturated carbocycles. The van der Waals surface area contributed by atoms with Crippen molar-refractivity contribution in [3.8, 4) is 0 Å². The van der Waals surface area contributed by atoms with Gasteiger partial charge in [-0.15, -0.1) is 0 Å². The first-order valence-electron chi connectivity index (χ1n) is 5.87. The second kappa shape index (κ2) is 3.13. The minimum atomic E-state index is -0.00586. The van der Waals surface area contributed by atoms with E-state index in [4.69, 9.17) is 9.31 Å². The van der Waals surface area contributed by atoms with E-state index in [9.17, 15) is 0 Å². The van der Waals surface area contributed by atoms with Crippen LogP contribution in [0, 0.1) is 17.3 Å². The van der Waals surface area contributed by atoms with Crippen LogP contribution >= 0.6 is 22.6 Å². The normalized spacial score (nSPS) is 51.2. The molecule has 2 bridgehead atoms. The summed E-state index contributed by atoms with van der Waals surface area (Å²) >= 11 is 2.35. The van der Waals surface area contributed by atoms with Gasteiger partial charge in [0, 0.05) is 4.33 Å². The van der Waals surface area contributed by atoms with Crippen molar-refractivity contribution < 1.29 is 9.31 Å². The summed E-state index contributed by atoms with van der Waals surface area (Å²) in [7, 11) is 0.0377. The Bertz CT molecular complexity index is 296. The van der Waals surface area contributed by atoms with E-state index in [2.05, 4.69) is 43.4 Å². The van der Waals surface area contributed by atoms with Gasteiger partial charge in [-0.25, -0.2) is 0 Å². The van der Waals surface area contributed by atoms with E-state index in [-0.39, 0.29) is 12.7 Å². The fourth-order valence-electron chi connectivity index (χ4n) is 4.02. The molecule has 0 amide bonds. The molecule has 1 saturated heterocycles. The lowest BCUT2D eigenvalue weighted by molar-refractivity contribution is -0.199. The van der Waals surface area contributed by atoms with Crippen LogP contribution < -0.4 is 0 Å². The molecule has 0 spiro atoms. The van der Waals surface area contributed by atoms with Crippen LogP contribution in [-0.4, -0.2) is 23.2 Å². The van der Waals surface area contributed by atoms with Crippen LogP contribution in [0.3, 0.4) is 0 Å². The molecule has 4 fully saturated rings. The first-order chi connectivity index (χ1) is 6.98. The highest BCUT2D eigenvalue weighted by molar-refractivity contribution is 14.1. The summed E-state index contributed by atoms with van der Waals surface area (Å²) in [5, 5.41) is 0. The van der Waals surface area contributed by atoms with Gasteiger partial charge in [0.25, 0.3) is 0 Å². The van der Waals surface area contributed by atoms with E-state index in [0.717, 1.165) is 10.2 Å². The third-order valence-electron chi connectivity index (χ3n) is 5.13. The Hall–Kier alpha value is 0.715. The maximum Gasteiger partial charge on any atom is 0.468 e. The maximum absolute atomic E-state index is 6.16. The minimum absolute atomic E-state index is 0.00586. The molecule has 1 aliphatic heterocycles. The molecule has 1 heterocycles. The topological polar surface area (TPSA) is 18.5 Å². The Morgan fingerprint density at radius 3 is 2.67 bits per heavy atom. The molecule has 0 aromatic rings. The third kappa shape index (κ3) is 1.24. The lowest BCUT2D eigenvalue weighted by Gasteiger charge is -2.64. The summed E-state index contributed by atoms with van der Waals surface area (Å²) in [6.07, 6.45) is 2.90. The summed E-state index contributed by atoms with van der Waals surface area (Å²) in [5.74, 6) is 1.55. The second-order valence-corrected chi connectivity index (χ2v) is 6.93. The van der Waals surface area contributed by atoms with Crippen molar-refractivity contribution in [1.29, 1.82) is 0 Å². The molecule has 4 atom stereocenters. The summed E-state index contributed by atoms with van der Waals surface area (Å²) in [4.78, 5) is 0. The molecule has 0 aromatic carbocycles. The van der Waals surface area contributed by atoms with Gasteiger partial charge in [-0.05, 0) is 37.0 Å². The van der Waals surface area contributed by atoms with Crippen molar-refractivity contribution in [2.45, 2.75) is 45.3 Å². The molecule has 15 heavy (non-hydrogen) atoms. The number of halogens is 1. The molecule has 2 nitrogen and oxygen atoms in total. The summed E-state index contributed by atoms with van der Waals surface area (Å²) in [6.45, 7) is 7.06. The number of rotatable bonds is 1. The molecular weight excluding hydrogens is 302 g/mol. The van der Waals surface area contributed by atoms with Gasteiger partial charge < -0.3 is 9.31 Å². The van der Waals surface area contributed by atoms with Crippen LogP contribution in [-0.2, 0) is 9.31 Å². The van der Waals surface area contributed by atoms with E-state index >= 15 is 0 Å². The van der Waals surface area contributed by atoms with Gasteiger partial charge in [0.15, 0.2) is 0 Å². The molecule has 0 radical (unpaired) electrons. The first-order valence-corrected chi connectivity index (χ1v) is 7.40. The highest BCUT2D eigenvalue weighted by Crippen LogP contribution is 2.65. The average molecular weight is 320 g/mol. The second-order valence-electron chi connectivity index (χ2n) is 6.05. The summed E-state index contributed by atoms with van der Waals surface area (Å²) in [6, 6.07) is 0. The Balaban J connectivity index is 1.89. The smallest absolute Gasteiger partial charge is 0.405 e. The molecule has 84 valence electrons. The maximum atomic E-state index is 6.16. The predicted molar refractivity (Wildman–Crippen MR) is 69.0 cm³/mol. The van der Waals surface area contributed by atoms with E-state index in [0.29, 0.717) is 17.4 Å². The monoisotopic (exact) mass is 320 g/mol. The van der Waals surface area contributed by atoms with Crippen molar-refractivity contribution in [2.75, 3.05) is 4.33 Å². The van der Waals surface area contributed by atoms with Gasteiger partial charge in [-0.1, -0.05) is 36.4 Å². The lowest BCUT2D eigenvalue weighted by atomic mass is 9.43. The van der Waals surface area contributed by atoms with Crippen LogP contribution in [0.1, 0.15) is 33.6 Å². The van der Waals surface area contributed by atoms with Crippen LogP contribution in [0.4, 0.5) is 0 Å². The SMILES string of the molecule is CC1(C)[C@@H]2C[C@@H]3OB(CI)O[C@]3(C)[C@H]1C2. The van der Waals surface area contributed by atoms with Crippen LogP contribution in [0.25, 0.3) is 0 Å². The van der Waals surface area contributed by atoms with Gasteiger partial charge in [0.2, 0.25) is 0 Å². The molecule has 0 N–H and O–H groups in total. The van der Waals surface area contributed by atoms with Crippen molar-refractivity contribution in [2.24, 2.45) is 17.3 Å². The predicted octanol–water partition coefficient (Wildman–Crippen LogP) is 2.69. The van der Waals surface area contributed by atoms with Gasteiger partial charge in [0.05, 0.1) is 11.7 Å². The quantitative estimate of drug-likeness (QED) is 0.420. The Labute approximate surface area is 106 Å². The molecule has 0 aromatic heterocycles. The fraction of sp³-hybridized carbons (Fsp3) is 1.00. The van der Waals surface area contributed by atoms with E-state index in [1.54, 1.807) is 0 Å². The number of hydrogen-bond acceptors (Lipinski definition) is 2. The first kappa shape index (κ1) is 10.8. The van der Waals surface area contributed by atoms with Crippen molar-refractivity contribution in [3.05, 3.63) is 0 Å². The molecule has 3 aliphatic carbocycles. The molecule has 4 rings (SSSR count). The molecular formula is C11H18BIO2.